The molecule has 3 heteroatoms. The van der Waals surface area contributed by atoms with Crippen LogP contribution < -0.4 is 11.5 Å². The molecule has 0 aromatic heterocycles. The van der Waals surface area contributed by atoms with E-state index in [4.69, 9.17) is 16.6 Å². The van der Waals surface area contributed by atoms with Crippen LogP contribution in [0.2, 0.25) is 0 Å². The largest absolute Gasteiger partial charge is 0.397 e. The summed E-state index contributed by atoms with van der Waals surface area (Å²) < 4.78 is 0. The SMILES string of the molecule is CCO.NCCCCCCN. The minimum absolute atomic E-state index is 0.250. The van der Waals surface area contributed by atoms with Gasteiger partial charge < -0.3 is 16.6 Å². The second-order valence-corrected chi connectivity index (χ2v) is 2.31. The van der Waals surface area contributed by atoms with E-state index in [1.165, 1.54) is 12.8 Å². The fourth-order valence-electron chi connectivity index (χ4n) is 0.642. The second kappa shape index (κ2) is 16.5. The van der Waals surface area contributed by atoms with Gasteiger partial charge in [-0.3, -0.25) is 0 Å². The quantitative estimate of drug-likeness (QED) is 0.514. The summed E-state index contributed by atoms with van der Waals surface area (Å²) >= 11 is 0. The monoisotopic (exact) mass is 162 g/mol. The molecule has 0 fully saturated rings. The first kappa shape index (κ1) is 13.5. The maximum Gasteiger partial charge on any atom is 0.0402 e. The van der Waals surface area contributed by atoms with Crippen molar-refractivity contribution < 1.29 is 5.11 Å². The average molecular weight is 162 g/mol. The molecule has 11 heavy (non-hydrogen) atoms. The zero-order chi connectivity index (χ0) is 8.95. The van der Waals surface area contributed by atoms with E-state index in [0.29, 0.717) is 0 Å². The third-order valence-corrected chi connectivity index (χ3v) is 1.16. The van der Waals surface area contributed by atoms with Gasteiger partial charge in [0.2, 0.25) is 0 Å². The van der Waals surface area contributed by atoms with Crippen LogP contribution in [0.25, 0.3) is 0 Å². The van der Waals surface area contributed by atoms with Gasteiger partial charge >= 0.3 is 0 Å². The molecule has 0 heterocycles. The van der Waals surface area contributed by atoms with E-state index in [9.17, 15) is 0 Å². The molecule has 0 bridgehead atoms. The van der Waals surface area contributed by atoms with E-state index in [2.05, 4.69) is 0 Å². The Morgan fingerprint density at radius 3 is 1.36 bits per heavy atom. The van der Waals surface area contributed by atoms with Crippen molar-refractivity contribution in [2.45, 2.75) is 32.6 Å². The lowest BCUT2D eigenvalue weighted by atomic mass is 10.2. The van der Waals surface area contributed by atoms with Crippen LogP contribution >= 0.6 is 0 Å². The van der Waals surface area contributed by atoms with Crippen LogP contribution in [0, 0.1) is 0 Å². The molecular formula is C8H22N2O. The molecule has 0 aliphatic carbocycles. The number of hydrogen-bond donors (Lipinski definition) is 3. The van der Waals surface area contributed by atoms with Crippen molar-refractivity contribution >= 4 is 0 Å². The predicted octanol–water partition coefficient (Wildman–Crippen LogP) is 0.463. The maximum absolute atomic E-state index is 7.57. The normalized spacial score (nSPS) is 8.73. The van der Waals surface area contributed by atoms with Crippen molar-refractivity contribution in [3.8, 4) is 0 Å². The summed E-state index contributed by atoms with van der Waals surface area (Å²) in [7, 11) is 0. The van der Waals surface area contributed by atoms with Gasteiger partial charge in [0, 0.05) is 6.61 Å². The van der Waals surface area contributed by atoms with Gasteiger partial charge in [0.05, 0.1) is 0 Å². The van der Waals surface area contributed by atoms with E-state index in [1.807, 2.05) is 0 Å². The molecular weight excluding hydrogens is 140 g/mol. The maximum atomic E-state index is 7.57. The van der Waals surface area contributed by atoms with Crippen molar-refractivity contribution in [2.24, 2.45) is 11.5 Å². The van der Waals surface area contributed by atoms with Crippen LogP contribution in [0.3, 0.4) is 0 Å². The predicted molar refractivity (Wildman–Crippen MR) is 49.3 cm³/mol. The van der Waals surface area contributed by atoms with Gasteiger partial charge in [-0.2, -0.15) is 0 Å². The number of hydrogen-bond acceptors (Lipinski definition) is 3. The highest BCUT2D eigenvalue weighted by atomic mass is 16.2. The highest BCUT2D eigenvalue weighted by molar-refractivity contribution is 4.43. The first-order chi connectivity index (χ1) is 5.33. The molecule has 0 atom stereocenters. The minimum Gasteiger partial charge on any atom is -0.397 e. The van der Waals surface area contributed by atoms with Gasteiger partial charge in [-0.05, 0) is 32.9 Å². The van der Waals surface area contributed by atoms with Gasteiger partial charge in [-0.1, -0.05) is 12.8 Å². The van der Waals surface area contributed by atoms with E-state index in [0.717, 1.165) is 25.9 Å². The number of aliphatic hydroxyl groups is 1. The number of nitrogens with two attached hydrogens (primary N) is 2. The highest BCUT2D eigenvalue weighted by Crippen LogP contribution is 1.95. The first-order valence-corrected chi connectivity index (χ1v) is 4.34. The molecule has 0 spiro atoms. The third-order valence-electron chi connectivity index (χ3n) is 1.16. The van der Waals surface area contributed by atoms with Gasteiger partial charge in [0.1, 0.15) is 0 Å². The molecule has 0 aromatic carbocycles. The van der Waals surface area contributed by atoms with E-state index >= 15 is 0 Å². The first-order valence-electron chi connectivity index (χ1n) is 4.34. The van der Waals surface area contributed by atoms with Crippen LogP contribution in [-0.4, -0.2) is 24.8 Å². The summed E-state index contributed by atoms with van der Waals surface area (Å²) in [5.41, 5.74) is 10.6. The lowest BCUT2D eigenvalue weighted by Crippen LogP contribution is -2.00. The molecule has 0 amide bonds. The minimum atomic E-state index is 0.250. The molecule has 0 saturated carbocycles. The Morgan fingerprint density at radius 2 is 1.18 bits per heavy atom. The molecule has 0 aliphatic heterocycles. The summed E-state index contributed by atoms with van der Waals surface area (Å²) in [6, 6.07) is 0. The van der Waals surface area contributed by atoms with Crippen molar-refractivity contribution in [1.29, 1.82) is 0 Å². The Kier molecular flexibility index (Phi) is 20.2. The van der Waals surface area contributed by atoms with Gasteiger partial charge in [-0.25, -0.2) is 0 Å². The molecule has 0 saturated heterocycles. The Hall–Kier alpha value is -0.120. The standard InChI is InChI=1S/C6H16N2.C2H6O/c7-5-3-1-2-4-6-8;1-2-3/h1-8H2;3H,2H2,1H3. The molecule has 70 valence electrons. The smallest absolute Gasteiger partial charge is 0.0402 e. The second-order valence-electron chi connectivity index (χ2n) is 2.31. The zero-order valence-corrected chi connectivity index (χ0v) is 7.55. The van der Waals surface area contributed by atoms with Crippen molar-refractivity contribution in [3.63, 3.8) is 0 Å². The topological polar surface area (TPSA) is 72.3 Å². The van der Waals surface area contributed by atoms with Crippen molar-refractivity contribution in [1.82, 2.24) is 0 Å². The summed E-state index contributed by atoms with van der Waals surface area (Å²) in [6.45, 7) is 3.58. The van der Waals surface area contributed by atoms with E-state index in [-0.39, 0.29) is 6.61 Å². The summed E-state index contributed by atoms with van der Waals surface area (Å²) in [5.74, 6) is 0. The van der Waals surface area contributed by atoms with Crippen LogP contribution in [0.4, 0.5) is 0 Å². The molecule has 5 N–H and O–H groups in total. The van der Waals surface area contributed by atoms with Crippen LogP contribution in [0.1, 0.15) is 32.6 Å². The Bertz CT molecular complexity index is 45.4. The Labute approximate surface area is 69.8 Å². The summed E-state index contributed by atoms with van der Waals surface area (Å²) in [4.78, 5) is 0. The van der Waals surface area contributed by atoms with Gasteiger partial charge in [0.15, 0.2) is 0 Å². The summed E-state index contributed by atoms with van der Waals surface area (Å²) in [6.07, 6.45) is 4.79. The third kappa shape index (κ3) is 25.8. The van der Waals surface area contributed by atoms with Crippen LogP contribution in [-0.2, 0) is 0 Å². The van der Waals surface area contributed by atoms with E-state index in [1.54, 1.807) is 6.92 Å². The highest BCUT2D eigenvalue weighted by Gasteiger charge is 1.83. The van der Waals surface area contributed by atoms with E-state index < -0.39 is 0 Å². The van der Waals surface area contributed by atoms with Crippen molar-refractivity contribution in [2.75, 3.05) is 19.7 Å². The average Bonchev–Trinajstić information content (AvgIpc) is 2.00. The van der Waals surface area contributed by atoms with Gasteiger partial charge in [-0.15, -0.1) is 0 Å². The molecule has 0 aromatic rings. The molecule has 0 rings (SSSR count). The zero-order valence-electron chi connectivity index (χ0n) is 7.55. The molecule has 0 aliphatic rings. The Balaban J connectivity index is 0. The molecule has 0 radical (unpaired) electrons. The molecule has 0 unspecified atom stereocenters. The number of rotatable bonds is 5. The lowest BCUT2D eigenvalue weighted by molar-refractivity contribution is 0.318. The number of unbranched alkanes of at least 4 members (excludes halogenated alkanes) is 3. The fourth-order valence-corrected chi connectivity index (χ4v) is 0.642. The summed E-state index contributed by atoms with van der Waals surface area (Å²) in [5, 5.41) is 7.57. The Morgan fingerprint density at radius 1 is 0.909 bits per heavy atom. The van der Waals surface area contributed by atoms with Crippen molar-refractivity contribution in [3.05, 3.63) is 0 Å². The van der Waals surface area contributed by atoms with Crippen LogP contribution in [0.15, 0.2) is 0 Å². The fraction of sp³-hybridized carbons (Fsp3) is 1.00. The number of aliphatic hydroxyl groups excluding tert-OH is 1. The van der Waals surface area contributed by atoms with Gasteiger partial charge in [0.25, 0.3) is 0 Å². The van der Waals surface area contributed by atoms with Crippen LogP contribution in [0.5, 0.6) is 0 Å². The lowest BCUT2D eigenvalue weighted by Gasteiger charge is -1.94. The molecule has 3 nitrogen and oxygen atoms in total.